The Labute approximate surface area is 143 Å². The Morgan fingerprint density at radius 3 is 2.57 bits per heavy atom. The first-order valence-electron chi connectivity index (χ1n) is 6.80. The van der Waals surface area contributed by atoms with Crippen molar-refractivity contribution in [2.24, 2.45) is 0 Å². The Kier molecular flexibility index (Phi) is 5.61. The number of hydrogen-bond acceptors (Lipinski definition) is 4. The molecule has 6 heteroatoms. The number of nitrogens with zero attached hydrogens (tertiary/aromatic N) is 1. The summed E-state index contributed by atoms with van der Waals surface area (Å²) in [4.78, 5) is 11.9. The molecule has 0 aliphatic carbocycles. The third-order valence-corrected chi connectivity index (χ3v) is 3.72. The zero-order valence-corrected chi connectivity index (χ0v) is 14.3. The van der Waals surface area contributed by atoms with E-state index >= 15 is 0 Å². The molecule has 0 unspecified atom stereocenters. The second-order valence-corrected chi connectivity index (χ2v) is 5.65. The van der Waals surface area contributed by atoms with E-state index in [1.807, 2.05) is 37.3 Å². The number of anilines is 1. The monoisotopic (exact) mass is 374 g/mol. The topological polar surface area (TPSA) is 71.3 Å². The van der Waals surface area contributed by atoms with Crippen molar-refractivity contribution >= 4 is 27.5 Å². The third-order valence-electron chi connectivity index (χ3n) is 3.07. The molecule has 0 heterocycles. The Hall–Kier alpha value is -2.52. The highest BCUT2D eigenvalue weighted by Crippen LogP contribution is 2.33. The van der Waals surface area contributed by atoms with E-state index in [4.69, 9.17) is 14.7 Å². The molecule has 0 aromatic heterocycles. The SMILES string of the molecule is COc1cc(C#N)c(Br)cc1OCC(=O)Nc1ccc(C)cc1. The second kappa shape index (κ2) is 7.65. The molecule has 1 amide bonds. The summed E-state index contributed by atoms with van der Waals surface area (Å²) in [5, 5.41) is 11.7. The van der Waals surface area contributed by atoms with Crippen molar-refractivity contribution < 1.29 is 14.3 Å². The molecule has 2 rings (SSSR count). The van der Waals surface area contributed by atoms with Crippen LogP contribution in [0.5, 0.6) is 11.5 Å². The van der Waals surface area contributed by atoms with Gasteiger partial charge in [-0.2, -0.15) is 5.26 Å². The van der Waals surface area contributed by atoms with Crippen LogP contribution >= 0.6 is 15.9 Å². The van der Waals surface area contributed by atoms with Gasteiger partial charge in [0.05, 0.1) is 12.7 Å². The van der Waals surface area contributed by atoms with Gasteiger partial charge >= 0.3 is 0 Å². The molecular weight excluding hydrogens is 360 g/mol. The summed E-state index contributed by atoms with van der Waals surface area (Å²) in [5.41, 5.74) is 2.25. The van der Waals surface area contributed by atoms with Crippen molar-refractivity contribution in [2.75, 3.05) is 19.0 Å². The van der Waals surface area contributed by atoms with Crippen molar-refractivity contribution in [3.8, 4) is 17.6 Å². The highest BCUT2D eigenvalue weighted by atomic mass is 79.9. The van der Waals surface area contributed by atoms with Crippen LogP contribution in [0.25, 0.3) is 0 Å². The van der Waals surface area contributed by atoms with Crippen LogP contribution in [0, 0.1) is 18.3 Å². The van der Waals surface area contributed by atoms with Gasteiger partial charge in [0, 0.05) is 16.2 Å². The number of methoxy groups -OCH3 is 1. The van der Waals surface area contributed by atoms with Gasteiger partial charge in [0.15, 0.2) is 18.1 Å². The average Bonchev–Trinajstić information content (AvgIpc) is 2.55. The summed E-state index contributed by atoms with van der Waals surface area (Å²) in [6.45, 7) is 1.81. The van der Waals surface area contributed by atoms with E-state index in [1.165, 1.54) is 7.11 Å². The number of nitriles is 1. The van der Waals surface area contributed by atoms with Gasteiger partial charge < -0.3 is 14.8 Å². The van der Waals surface area contributed by atoms with Crippen LogP contribution in [0.15, 0.2) is 40.9 Å². The lowest BCUT2D eigenvalue weighted by Gasteiger charge is -2.12. The van der Waals surface area contributed by atoms with Gasteiger partial charge in [0.2, 0.25) is 0 Å². The summed E-state index contributed by atoms with van der Waals surface area (Å²) >= 11 is 3.28. The summed E-state index contributed by atoms with van der Waals surface area (Å²) in [7, 11) is 1.48. The molecule has 0 radical (unpaired) electrons. The molecule has 2 aromatic rings. The quantitative estimate of drug-likeness (QED) is 0.866. The maximum Gasteiger partial charge on any atom is 0.262 e. The van der Waals surface area contributed by atoms with Crippen molar-refractivity contribution in [3.05, 3.63) is 52.0 Å². The molecular formula is C17H15BrN2O3. The molecule has 0 bridgehead atoms. The predicted octanol–water partition coefficient (Wildman–Crippen LogP) is 3.66. The number of halogens is 1. The molecule has 0 aliphatic heterocycles. The zero-order valence-electron chi connectivity index (χ0n) is 12.7. The van der Waals surface area contributed by atoms with E-state index < -0.39 is 0 Å². The van der Waals surface area contributed by atoms with Crippen LogP contribution in [-0.2, 0) is 4.79 Å². The number of carbonyl (C=O) groups is 1. The number of carbonyl (C=O) groups excluding carboxylic acids is 1. The summed E-state index contributed by atoms with van der Waals surface area (Å²) in [6.07, 6.45) is 0. The Morgan fingerprint density at radius 2 is 1.96 bits per heavy atom. The molecule has 5 nitrogen and oxygen atoms in total. The van der Waals surface area contributed by atoms with Gasteiger partial charge in [-0.1, -0.05) is 17.7 Å². The number of nitrogens with one attached hydrogen (secondary N) is 1. The number of aryl methyl sites for hydroxylation is 1. The lowest BCUT2D eigenvalue weighted by Crippen LogP contribution is -2.20. The zero-order chi connectivity index (χ0) is 16.8. The minimum Gasteiger partial charge on any atom is -0.493 e. The van der Waals surface area contributed by atoms with Crippen molar-refractivity contribution in [1.82, 2.24) is 0 Å². The fraction of sp³-hybridized carbons (Fsp3) is 0.176. The van der Waals surface area contributed by atoms with Crippen LogP contribution in [-0.4, -0.2) is 19.6 Å². The van der Waals surface area contributed by atoms with E-state index in [9.17, 15) is 4.79 Å². The molecule has 118 valence electrons. The molecule has 0 saturated heterocycles. The maximum absolute atomic E-state index is 11.9. The first-order chi connectivity index (χ1) is 11.0. The minimum atomic E-state index is -0.281. The summed E-state index contributed by atoms with van der Waals surface area (Å²) in [6, 6.07) is 12.7. The van der Waals surface area contributed by atoms with E-state index in [0.717, 1.165) is 5.56 Å². The standard InChI is InChI=1S/C17H15BrN2O3/c1-11-3-5-13(6-4-11)20-17(21)10-23-16-8-14(18)12(9-19)7-15(16)22-2/h3-8H,10H2,1-2H3,(H,20,21). The number of rotatable bonds is 5. The van der Waals surface area contributed by atoms with Gasteiger partial charge in [0.25, 0.3) is 5.91 Å². The van der Waals surface area contributed by atoms with Gasteiger partial charge in [-0.05, 0) is 41.1 Å². The van der Waals surface area contributed by atoms with Crippen LogP contribution in [0.2, 0.25) is 0 Å². The van der Waals surface area contributed by atoms with Crippen LogP contribution in [0.4, 0.5) is 5.69 Å². The van der Waals surface area contributed by atoms with E-state index in [0.29, 0.717) is 27.2 Å². The summed E-state index contributed by atoms with van der Waals surface area (Å²) in [5.74, 6) is 0.502. The minimum absolute atomic E-state index is 0.164. The molecule has 1 N–H and O–H groups in total. The van der Waals surface area contributed by atoms with Crippen molar-refractivity contribution in [3.63, 3.8) is 0 Å². The van der Waals surface area contributed by atoms with Crippen molar-refractivity contribution in [2.45, 2.75) is 6.92 Å². The lowest BCUT2D eigenvalue weighted by molar-refractivity contribution is -0.118. The van der Waals surface area contributed by atoms with Gasteiger partial charge in [-0.25, -0.2) is 0 Å². The van der Waals surface area contributed by atoms with Crippen molar-refractivity contribution in [1.29, 1.82) is 5.26 Å². The predicted molar refractivity (Wildman–Crippen MR) is 90.7 cm³/mol. The smallest absolute Gasteiger partial charge is 0.262 e. The Balaban J connectivity index is 2.02. The maximum atomic E-state index is 11.9. The fourth-order valence-electron chi connectivity index (χ4n) is 1.87. The largest absolute Gasteiger partial charge is 0.493 e. The average molecular weight is 375 g/mol. The third kappa shape index (κ3) is 4.47. The number of amides is 1. The number of ether oxygens (including phenoxy) is 2. The number of hydrogen-bond donors (Lipinski definition) is 1. The van der Waals surface area contributed by atoms with E-state index in [2.05, 4.69) is 21.2 Å². The normalized spacial score (nSPS) is 9.83. The molecule has 0 atom stereocenters. The van der Waals surface area contributed by atoms with Crippen LogP contribution in [0.3, 0.4) is 0 Å². The van der Waals surface area contributed by atoms with Gasteiger partial charge in [-0.3, -0.25) is 4.79 Å². The molecule has 0 saturated carbocycles. The van der Waals surface area contributed by atoms with E-state index in [-0.39, 0.29) is 12.5 Å². The second-order valence-electron chi connectivity index (χ2n) is 4.80. The lowest BCUT2D eigenvalue weighted by atomic mass is 10.2. The fourth-order valence-corrected chi connectivity index (χ4v) is 2.28. The Bertz CT molecular complexity index is 752. The van der Waals surface area contributed by atoms with Gasteiger partial charge in [0.1, 0.15) is 6.07 Å². The molecule has 2 aromatic carbocycles. The highest BCUT2D eigenvalue weighted by Gasteiger charge is 2.12. The van der Waals surface area contributed by atoms with Crippen LogP contribution in [0.1, 0.15) is 11.1 Å². The number of benzene rings is 2. The van der Waals surface area contributed by atoms with Gasteiger partial charge in [-0.15, -0.1) is 0 Å². The van der Waals surface area contributed by atoms with E-state index in [1.54, 1.807) is 12.1 Å². The molecule has 0 fully saturated rings. The molecule has 0 aliphatic rings. The molecule has 23 heavy (non-hydrogen) atoms. The Morgan fingerprint density at radius 1 is 1.26 bits per heavy atom. The highest BCUT2D eigenvalue weighted by molar-refractivity contribution is 9.10. The molecule has 0 spiro atoms. The van der Waals surface area contributed by atoms with Crippen LogP contribution < -0.4 is 14.8 Å². The summed E-state index contributed by atoms with van der Waals surface area (Å²) < 4.78 is 11.2. The first kappa shape index (κ1) is 16.8. The first-order valence-corrected chi connectivity index (χ1v) is 7.59.